The zero-order valence-electron chi connectivity index (χ0n) is 22.5. The van der Waals surface area contributed by atoms with Gasteiger partial charge in [-0.15, -0.1) is 0 Å². The first-order valence-corrected chi connectivity index (χ1v) is 14.0. The monoisotopic (exact) mass is 604 g/mol. The molecule has 3 aromatic carbocycles. The average molecular weight is 605 g/mol. The molecule has 1 aliphatic carbocycles. The molecule has 1 fully saturated rings. The maximum Gasteiger partial charge on any atom is 0.343 e. The normalized spacial score (nSPS) is 16.1. The molecule has 0 amide bonds. The maximum atomic E-state index is 13.4. The average Bonchev–Trinajstić information content (AvgIpc) is 3.43. The van der Waals surface area contributed by atoms with Gasteiger partial charge in [0.2, 0.25) is 0 Å². The van der Waals surface area contributed by atoms with E-state index in [0.29, 0.717) is 55.3 Å². The summed E-state index contributed by atoms with van der Waals surface area (Å²) in [7, 11) is 0. The topological polar surface area (TPSA) is 168 Å². The van der Waals surface area contributed by atoms with Gasteiger partial charge in [0, 0.05) is 59.5 Å². The van der Waals surface area contributed by atoms with Gasteiger partial charge in [0.15, 0.2) is 0 Å². The molecule has 1 heterocycles. The van der Waals surface area contributed by atoms with E-state index in [4.69, 9.17) is 9.47 Å². The van der Waals surface area contributed by atoms with Crippen LogP contribution in [0.3, 0.4) is 0 Å². The van der Waals surface area contributed by atoms with E-state index in [1.54, 1.807) is 24.3 Å². The number of nitro groups is 3. The van der Waals surface area contributed by atoms with Crippen molar-refractivity contribution in [2.45, 2.75) is 17.7 Å². The number of esters is 1. The first-order chi connectivity index (χ1) is 20.7. The highest BCUT2D eigenvalue weighted by Crippen LogP contribution is 2.48. The van der Waals surface area contributed by atoms with Gasteiger partial charge in [-0.25, -0.2) is 4.79 Å². The molecule has 2 aliphatic rings. The van der Waals surface area contributed by atoms with E-state index >= 15 is 0 Å². The minimum Gasteiger partial charge on any atom is -0.422 e. The van der Waals surface area contributed by atoms with E-state index in [-0.39, 0.29) is 33.9 Å². The third-order valence-corrected chi connectivity index (χ3v) is 8.06. The number of thioether (sulfide) groups is 1. The lowest BCUT2D eigenvalue weighted by molar-refractivity contribution is -0.387. The molecule has 0 saturated carbocycles. The molecule has 0 spiro atoms. The number of para-hydroxylation sites is 1. The van der Waals surface area contributed by atoms with Crippen molar-refractivity contribution in [3.63, 3.8) is 0 Å². The Morgan fingerprint density at radius 2 is 1.42 bits per heavy atom. The van der Waals surface area contributed by atoms with Gasteiger partial charge in [-0.3, -0.25) is 30.3 Å². The molecule has 0 radical (unpaired) electrons. The summed E-state index contributed by atoms with van der Waals surface area (Å²) in [6, 6.07) is 17.2. The number of morpholine rings is 1. The van der Waals surface area contributed by atoms with Gasteiger partial charge in [0.05, 0.1) is 44.1 Å². The molecule has 1 saturated heterocycles. The Kier molecular flexibility index (Phi) is 8.78. The Bertz CT molecular complexity index is 1680. The number of hydrogen-bond acceptors (Lipinski definition) is 11. The Labute approximate surface area is 248 Å². The lowest BCUT2D eigenvalue weighted by Gasteiger charge is -2.32. The fourth-order valence-electron chi connectivity index (χ4n) is 4.90. The number of non-ortho nitro benzene ring substituents is 2. The van der Waals surface area contributed by atoms with Crippen LogP contribution in [0.1, 0.15) is 28.8 Å². The van der Waals surface area contributed by atoms with E-state index in [1.807, 2.05) is 0 Å². The molecule has 5 rings (SSSR count). The number of benzene rings is 3. The Morgan fingerprint density at radius 1 is 0.791 bits per heavy atom. The van der Waals surface area contributed by atoms with E-state index in [2.05, 4.69) is 4.90 Å². The molecule has 3 aromatic rings. The Hall–Kier alpha value is -5.08. The summed E-state index contributed by atoms with van der Waals surface area (Å²) in [5.74, 6) is -0.807. The van der Waals surface area contributed by atoms with Gasteiger partial charge in [0.1, 0.15) is 5.76 Å². The summed E-state index contributed by atoms with van der Waals surface area (Å²) < 4.78 is 11.5. The molecule has 0 unspecified atom stereocenters. The maximum absolute atomic E-state index is 13.4. The third kappa shape index (κ3) is 6.55. The van der Waals surface area contributed by atoms with Crippen molar-refractivity contribution in [2.75, 3.05) is 26.3 Å². The zero-order valence-corrected chi connectivity index (χ0v) is 23.4. The van der Waals surface area contributed by atoms with E-state index in [9.17, 15) is 35.1 Å². The molecule has 0 bridgehead atoms. The van der Waals surface area contributed by atoms with Gasteiger partial charge >= 0.3 is 5.97 Å². The van der Waals surface area contributed by atoms with Crippen LogP contribution < -0.4 is 0 Å². The molecule has 43 heavy (non-hydrogen) atoms. The van der Waals surface area contributed by atoms with Crippen LogP contribution in [0.4, 0.5) is 17.1 Å². The van der Waals surface area contributed by atoms with Crippen LogP contribution in [-0.2, 0) is 9.47 Å². The fourth-order valence-corrected chi connectivity index (χ4v) is 6.11. The van der Waals surface area contributed by atoms with E-state index in [0.717, 1.165) is 11.0 Å². The molecule has 1 aliphatic heterocycles. The SMILES string of the molecule is O=C(OC(=C1CCC(Sc2ccccc2[N+](=O)[O-])=C1N1CCOCC1)c1cccc([N+](=O)[O-])c1)c1cccc([N+](=O)[O-])c1. The number of allylic oxidation sites excluding steroid dienone is 2. The summed E-state index contributed by atoms with van der Waals surface area (Å²) in [5, 5.41) is 34.7. The molecule has 13 nitrogen and oxygen atoms in total. The molecule has 0 atom stereocenters. The van der Waals surface area contributed by atoms with Crippen molar-refractivity contribution in [1.29, 1.82) is 0 Å². The summed E-state index contributed by atoms with van der Waals surface area (Å²) in [6.45, 7) is 1.86. The zero-order chi connectivity index (χ0) is 30.5. The first kappa shape index (κ1) is 29.4. The van der Waals surface area contributed by atoms with Crippen LogP contribution in [0.2, 0.25) is 0 Å². The quantitative estimate of drug-likeness (QED) is 0.120. The second-order valence-electron chi connectivity index (χ2n) is 9.51. The smallest absolute Gasteiger partial charge is 0.343 e. The summed E-state index contributed by atoms with van der Waals surface area (Å²) in [5.41, 5.74) is 0.938. The van der Waals surface area contributed by atoms with Crippen molar-refractivity contribution in [3.8, 4) is 0 Å². The third-order valence-electron chi connectivity index (χ3n) is 6.86. The highest BCUT2D eigenvalue weighted by molar-refractivity contribution is 8.03. The molecule has 14 heteroatoms. The fraction of sp³-hybridized carbons (Fsp3) is 0.207. The second-order valence-corrected chi connectivity index (χ2v) is 10.6. The van der Waals surface area contributed by atoms with Gasteiger partial charge < -0.3 is 14.4 Å². The van der Waals surface area contributed by atoms with Gasteiger partial charge in [0.25, 0.3) is 17.1 Å². The number of nitro benzene ring substituents is 3. The number of rotatable bonds is 9. The van der Waals surface area contributed by atoms with Crippen LogP contribution in [0.5, 0.6) is 0 Å². The van der Waals surface area contributed by atoms with Crippen LogP contribution in [0.15, 0.2) is 93.9 Å². The Morgan fingerprint density at radius 3 is 2.07 bits per heavy atom. The molecule has 0 aromatic heterocycles. The van der Waals surface area contributed by atoms with Crippen molar-refractivity contribution < 1.29 is 29.0 Å². The molecular weight excluding hydrogens is 580 g/mol. The van der Waals surface area contributed by atoms with Crippen LogP contribution in [0.25, 0.3) is 5.76 Å². The summed E-state index contributed by atoms with van der Waals surface area (Å²) >= 11 is 1.25. The first-order valence-electron chi connectivity index (χ1n) is 13.1. The number of nitrogens with zero attached hydrogens (tertiary/aromatic N) is 4. The lowest BCUT2D eigenvalue weighted by Crippen LogP contribution is -2.36. The highest BCUT2D eigenvalue weighted by Gasteiger charge is 2.33. The largest absolute Gasteiger partial charge is 0.422 e. The van der Waals surface area contributed by atoms with Crippen LogP contribution >= 0.6 is 11.8 Å². The predicted octanol–water partition coefficient (Wildman–Crippen LogP) is 6.11. The van der Waals surface area contributed by atoms with Gasteiger partial charge in [-0.1, -0.05) is 42.1 Å². The van der Waals surface area contributed by atoms with E-state index in [1.165, 1.54) is 54.2 Å². The van der Waals surface area contributed by atoms with Crippen LogP contribution in [-0.4, -0.2) is 51.9 Å². The minimum absolute atomic E-state index is 0.0465. The molecule has 220 valence electrons. The number of carbonyl (C=O) groups is 1. The predicted molar refractivity (Wildman–Crippen MR) is 156 cm³/mol. The summed E-state index contributed by atoms with van der Waals surface area (Å²) in [4.78, 5) is 49.8. The molecule has 0 N–H and O–H groups in total. The van der Waals surface area contributed by atoms with Crippen molar-refractivity contribution in [1.82, 2.24) is 4.90 Å². The lowest BCUT2D eigenvalue weighted by atomic mass is 10.0. The van der Waals surface area contributed by atoms with Crippen molar-refractivity contribution >= 4 is 40.6 Å². The number of hydrogen-bond donors (Lipinski definition) is 0. The standard InChI is InChI=1S/C29H24N4O9S/c34-29(20-6-4-8-22(18-20)32(37)38)42-28(19-5-3-7-21(17-19)31(35)36)23-11-12-26(27(23)30-13-15-41-16-14-30)43-25-10-2-1-9-24(25)33(39)40/h1-10,17-18H,11-16H2. The highest BCUT2D eigenvalue weighted by atomic mass is 32.2. The minimum atomic E-state index is -0.876. The number of ether oxygens (including phenoxy) is 2. The summed E-state index contributed by atoms with van der Waals surface area (Å²) in [6.07, 6.45) is 0.835. The molecular formula is C29H24N4O9S. The number of carbonyl (C=O) groups excluding carboxylic acids is 1. The Balaban J connectivity index is 1.67. The van der Waals surface area contributed by atoms with Crippen molar-refractivity contribution in [2.24, 2.45) is 0 Å². The van der Waals surface area contributed by atoms with E-state index < -0.39 is 20.7 Å². The second kappa shape index (κ2) is 12.8. The van der Waals surface area contributed by atoms with Gasteiger partial charge in [-0.05, 0) is 25.0 Å². The van der Waals surface area contributed by atoms with Crippen molar-refractivity contribution in [3.05, 3.63) is 130 Å². The van der Waals surface area contributed by atoms with Crippen LogP contribution in [0, 0.1) is 30.3 Å². The van der Waals surface area contributed by atoms with Gasteiger partial charge in [-0.2, -0.15) is 0 Å².